The average molecular weight is 393 g/mol. The van der Waals surface area contributed by atoms with E-state index in [1.165, 1.54) is 0 Å². The van der Waals surface area contributed by atoms with Crippen LogP contribution in [0.5, 0.6) is 0 Å². The van der Waals surface area contributed by atoms with Gasteiger partial charge in [-0.05, 0) is 6.07 Å². The highest BCUT2D eigenvalue weighted by Crippen LogP contribution is 2.38. The number of sulfonamides is 2. The van der Waals surface area contributed by atoms with Gasteiger partial charge in [-0.1, -0.05) is 11.6 Å². The molecule has 0 aliphatic rings. The molecule has 1 heterocycles. The fourth-order valence-electron chi connectivity index (χ4n) is 1.10. The Labute approximate surface area is 124 Å². The number of nitrogens with zero attached hydrogens (tertiary/aromatic N) is 2. The summed E-state index contributed by atoms with van der Waals surface area (Å²) in [7, 11) is -13.8. The standard InChI is InChI=1S/C7H3ClF6N2O4S2/c8-4-1-5(3-15-2-4)16(21(17,18)6(9,10)11)22(19,20)7(12,13)14/h1-3H. The third-order valence-corrected chi connectivity index (χ3v) is 5.77. The van der Waals surface area contributed by atoms with Gasteiger partial charge in [-0.2, -0.15) is 43.2 Å². The Morgan fingerprint density at radius 1 is 0.909 bits per heavy atom. The summed E-state index contributed by atoms with van der Waals surface area (Å²) in [6, 6.07) is 0.265. The number of aromatic nitrogens is 1. The zero-order chi connectivity index (χ0) is 17.6. The van der Waals surface area contributed by atoms with E-state index in [2.05, 4.69) is 4.98 Å². The van der Waals surface area contributed by atoms with Crippen molar-refractivity contribution in [3.05, 3.63) is 23.5 Å². The zero-order valence-electron chi connectivity index (χ0n) is 9.72. The van der Waals surface area contributed by atoms with Crippen molar-refractivity contribution in [3.63, 3.8) is 0 Å². The maximum Gasteiger partial charge on any atom is 0.517 e. The number of anilines is 1. The van der Waals surface area contributed by atoms with Gasteiger partial charge in [0.2, 0.25) is 0 Å². The van der Waals surface area contributed by atoms with Crippen LogP contribution in [0.2, 0.25) is 5.02 Å². The molecule has 0 spiro atoms. The molecule has 126 valence electrons. The summed E-state index contributed by atoms with van der Waals surface area (Å²) in [6.07, 6.45) is 0.905. The summed E-state index contributed by atoms with van der Waals surface area (Å²) in [5, 5.41) is -0.586. The highest BCUT2D eigenvalue weighted by Gasteiger charge is 2.61. The van der Waals surface area contributed by atoms with Crippen LogP contribution >= 0.6 is 11.6 Å². The molecule has 0 aliphatic heterocycles. The zero-order valence-corrected chi connectivity index (χ0v) is 12.1. The lowest BCUT2D eigenvalue weighted by Crippen LogP contribution is -2.49. The van der Waals surface area contributed by atoms with Crippen molar-refractivity contribution < 1.29 is 43.2 Å². The third-order valence-electron chi connectivity index (χ3n) is 1.92. The highest BCUT2D eigenvalue weighted by molar-refractivity contribution is 8.11. The Hall–Kier alpha value is -1.28. The molecule has 1 aromatic heterocycles. The van der Waals surface area contributed by atoms with Crippen molar-refractivity contribution in [2.45, 2.75) is 11.0 Å². The molecule has 22 heavy (non-hydrogen) atoms. The predicted octanol–water partition coefficient (Wildman–Crippen LogP) is 2.24. The molecule has 0 saturated heterocycles. The van der Waals surface area contributed by atoms with E-state index in [0.29, 0.717) is 0 Å². The average Bonchev–Trinajstić information content (AvgIpc) is 2.24. The monoisotopic (exact) mass is 392 g/mol. The van der Waals surface area contributed by atoms with Crippen molar-refractivity contribution in [2.24, 2.45) is 0 Å². The van der Waals surface area contributed by atoms with E-state index in [0.717, 1.165) is 6.20 Å². The first-order chi connectivity index (χ1) is 9.62. The van der Waals surface area contributed by atoms with Crippen LogP contribution in [0.15, 0.2) is 18.5 Å². The molecule has 0 amide bonds. The number of halogens is 7. The third kappa shape index (κ3) is 3.22. The van der Waals surface area contributed by atoms with Gasteiger partial charge in [-0.15, -0.1) is 3.71 Å². The van der Waals surface area contributed by atoms with E-state index in [9.17, 15) is 43.2 Å². The summed E-state index contributed by atoms with van der Waals surface area (Å²) in [6.45, 7) is 0. The van der Waals surface area contributed by atoms with Crippen LogP contribution in [0.3, 0.4) is 0 Å². The summed E-state index contributed by atoms with van der Waals surface area (Å²) >= 11 is 5.28. The maximum atomic E-state index is 12.5. The Morgan fingerprint density at radius 2 is 1.32 bits per heavy atom. The first kappa shape index (κ1) is 18.8. The minimum atomic E-state index is -6.92. The molecule has 0 unspecified atom stereocenters. The quantitative estimate of drug-likeness (QED) is 0.737. The molecule has 0 aliphatic carbocycles. The SMILES string of the molecule is O=S(=O)(N(c1cncc(Cl)c1)S(=O)(=O)C(F)(F)F)C(F)(F)F. The molecule has 1 rings (SSSR count). The second-order valence-electron chi connectivity index (χ2n) is 3.46. The number of hydrogen-bond donors (Lipinski definition) is 0. The normalized spacial score (nSPS) is 14.0. The Balaban J connectivity index is 3.78. The van der Waals surface area contributed by atoms with Gasteiger partial charge in [0.1, 0.15) is 0 Å². The first-order valence-electron chi connectivity index (χ1n) is 4.66. The van der Waals surface area contributed by atoms with E-state index in [1.807, 2.05) is 0 Å². The molecule has 6 nitrogen and oxygen atoms in total. The summed E-state index contributed by atoms with van der Waals surface area (Å²) in [5.74, 6) is 0. The van der Waals surface area contributed by atoms with Gasteiger partial charge < -0.3 is 0 Å². The minimum Gasteiger partial charge on any atom is -0.261 e. The van der Waals surface area contributed by atoms with Crippen LogP contribution in [0.25, 0.3) is 0 Å². The largest absolute Gasteiger partial charge is 0.517 e. The van der Waals surface area contributed by atoms with Gasteiger partial charge in [-0.25, -0.2) is 0 Å². The van der Waals surface area contributed by atoms with E-state index in [1.54, 1.807) is 0 Å². The molecule has 0 fully saturated rings. The van der Waals surface area contributed by atoms with Crippen molar-refractivity contribution in [1.29, 1.82) is 0 Å². The van der Waals surface area contributed by atoms with Gasteiger partial charge in [0.25, 0.3) is 0 Å². The second-order valence-corrected chi connectivity index (χ2v) is 7.68. The van der Waals surface area contributed by atoms with Crippen LogP contribution in [0.1, 0.15) is 0 Å². The van der Waals surface area contributed by atoms with E-state index in [-0.39, 0.29) is 12.3 Å². The van der Waals surface area contributed by atoms with E-state index in [4.69, 9.17) is 11.6 Å². The van der Waals surface area contributed by atoms with Crippen LogP contribution in [-0.2, 0) is 20.0 Å². The molecule has 1 aromatic rings. The Morgan fingerprint density at radius 3 is 1.64 bits per heavy atom. The topological polar surface area (TPSA) is 84.4 Å². The fourth-order valence-corrected chi connectivity index (χ4v) is 3.93. The van der Waals surface area contributed by atoms with Crippen LogP contribution in [-0.4, -0.2) is 32.8 Å². The number of hydrogen-bond acceptors (Lipinski definition) is 5. The summed E-state index contributed by atoms with van der Waals surface area (Å²) in [4.78, 5) is 3.06. The highest BCUT2D eigenvalue weighted by atomic mass is 35.5. The minimum absolute atomic E-state index is 0.165. The van der Waals surface area contributed by atoms with Gasteiger partial charge in [0.05, 0.1) is 16.9 Å². The number of alkyl halides is 6. The van der Waals surface area contributed by atoms with Crippen LogP contribution in [0.4, 0.5) is 32.0 Å². The van der Waals surface area contributed by atoms with Gasteiger partial charge in [0, 0.05) is 6.20 Å². The Kier molecular flexibility index (Phi) is 4.62. The molecule has 0 N–H and O–H groups in total. The molecule has 0 aromatic carbocycles. The lowest BCUT2D eigenvalue weighted by Gasteiger charge is -2.25. The van der Waals surface area contributed by atoms with Gasteiger partial charge in [-0.3, -0.25) is 4.98 Å². The fraction of sp³-hybridized carbons (Fsp3) is 0.286. The lowest BCUT2D eigenvalue weighted by molar-refractivity contribution is -0.0462. The van der Waals surface area contributed by atoms with Crippen molar-refractivity contribution in [3.8, 4) is 0 Å². The smallest absolute Gasteiger partial charge is 0.261 e. The molecule has 0 saturated carbocycles. The molecule has 15 heteroatoms. The predicted molar refractivity (Wildman–Crippen MR) is 61.7 cm³/mol. The molecule has 0 bridgehead atoms. The van der Waals surface area contributed by atoms with Crippen molar-refractivity contribution >= 4 is 37.3 Å². The maximum absolute atomic E-state index is 12.5. The number of rotatable bonds is 3. The number of pyridine rings is 1. The second kappa shape index (κ2) is 5.42. The first-order valence-corrected chi connectivity index (χ1v) is 7.92. The summed E-state index contributed by atoms with van der Waals surface area (Å²) in [5.41, 5.74) is -14.2. The van der Waals surface area contributed by atoms with Crippen LogP contribution < -0.4 is 3.71 Å². The van der Waals surface area contributed by atoms with E-state index < -0.39 is 45.5 Å². The van der Waals surface area contributed by atoms with Crippen molar-refractivity contribution in [1.82, 2.24) is 4.98 Å². The van der Waals surface area contributed by atoms with Gasteiger partial charge >= 0.3 is 31.1 Å². The molecular weight excluding hydrogens is 390 g/mol. The lowest BCUT2D eigenvalue weighted by atomic mass is 10.4. The molecular formula is C7H3ClF6N2O4S2. The molecule has 0 radical (unpaired) electrons. The Bertz CT molecular complexity index is 729. The van der Waals surface area contributed by atoms with E-state index >= 15 is 0 Å². The summed E-state index contributed by atoms with van der Waals surface area (Å²) < 4.78 is 118. The van der Waals surface area contributed by atoms with Crippen molar-refractivity contribution in [2.75, 3.05) is 3.71 Å². The van der Waals surface area contributed by atoms with Gasteiger partial charge in [0.15, 0.2) is 0 Å². The van der Waals surface area contributed by atoms with Crippen LogP contribution in [0, 0.1) is 0 Å². The molecule has 0 atom stereocenters.